The molecule has 5 heteroatoms. The molecule has 1 aromatic heterocycles. The molecule has 1 aromatic carbocycles. The van der Waals surface area contributed by atoms with E-state index in [1.807, 2.05) is 25.1 Å². The summed E-state index contributed by atoms with van der Waals surface area (Å²) < 4.78 is 0. The zero-order valence-electron chi connectivity index (χ0n) is 10.8. The number of hydrogen-bond acceptors (Lipinski definition) is 3. The van der Waals surface area contributed by atoms with Gasteiger partial charge in [0.15, 0.2) is 0 Å². The number of aromatic nitrogens is 1. The topological polar surface area (TPSA) is 65.8 Å². The van der Waals surface area contributed by atoms with E-state index in [4.69, 9.17) is 16.9 Å². The summed E-state index contributed by atoms with van der Waals surface area (Å²) >= 11 is 5.92. The lowest BCUT2D eigenvalue weighted by Crippen LogP contribution is -2.27. The molecule has 1 atom stereocenters. The first-order chi connectivity index (χ1) is 9.60. The molecular formula is C15H12ClN3O. The fourth-order valence-corrected chi connectivity index (χ4v) is 1.92. The van der Waals surface area contributed by atoms with Crippen molar-refractivity contribution in [3.63, 3.8) is 0 Å². The molecule has 0 aliphatic rings. The summed E-state index contributed by atoms with van der Waals surface area (Å²) in [6, 6.07) is 12.2. The Morgan fingerprint density at radius 3 is 2.80 bits per heavy atom. The lowest BCUT2D eigenvalue weighted by atomic mass is 10.1. The third-order valence-electron chi connectivity index (χ3n) is 2.82. The van der Waals surface area contributed by atoms with Crippen LogP contribution in [0.2, 0.25) is 5.02 Å². The summed E-state index contributed by atoms with van der Waals surface area (Å²) in [5.41, 5.74) is 1.61. The Balaban J connectivity index is 2.09. The van der Waals surface area contributed by atoms with Crippen molar-refractivity contribution in [3.8, 4) is 6.07 Å². The Bertz CT molecular complexity index is 662. The lowest BCUT2D eigenvalue weighted by molar-refractivity contribution is 0.0935. The maximum atomic E-state index is 12.0. The molecule has 0 fully saturated rings. The normalized spacial score (nSPS) is 11.4. The molecule has 2 rings (SSSR count). The number of carbonyl (C=O) groups excluding carboxylic acids is 1. The van der Waals surface area contributed by atoms with Gasteiger partial charge in [-0.15, -0.1) is 0 Å². The number of pyridine rings is 1. The van der Waals surface area contributed by atoms with Crippen molar-refractivity contribution in [2.75, 3.05) is 0 Å². The van der Waals surface area contributed by atoms with Crippen LogP contribution in [-0.2, 0) is 0 Å². The predicted molar refractivity (Wildman–Crippen MR) is 76.3 cm³/mol. The molecule has 0 spiro atoms. The summed E-state index contributed by atoms with van der Waals surface area (Å²) in [4.78, 5) is 16.0. The quantitative estimate of drug-likeness (QED) is 0.942. The average molecular weight is 286 g/mol. The van der Waals surface area contributed by atoms with Crippen LogP contribution in [-0.4, -0.2) is 10.9 Å². The van der Waals surface area contributed by atoms with Crippen LogP contribution in [0, 0.1) is 11.3 Å². The van der Waals surface area contributed by atoms with Crippen molar-refractivity contribution in [2.24, 2.45) is 0 Å². The van der Waals surface area contributed by atoms with E-state index in [-0.39, 0.29) is 17.6 Å². The van der Waals surface area contributed by atoms with E-state index in [0.29, 0.717) is 10.6 Å². The average Bonchev–Trinajstić information content (AvgIpc) is 2.47. The SMILES string of the molecule is CC(NC(=O)c1ccc(C#N)cn1)c1cccc(Cl)c1. The largest absolute Gasteiger partial charge is 0.344 e. The smallest absolute Gasteiger partial charge is 0.270 e. The molecule has 0 saturated heterocycles. The van der Waals surface area contributed by atoms with Crippen molar-refractivity contribution in [1.82, 2.24) is 10.3 Å². The van der Waals surface area contributed by atoms with Crippen molar-refractivity contribution >= 4 is 17.5 Å². The van der Waals surface area contributed by atoms with Crippen molar-refractivity contribution in [1.29, 1.82) is 5.26 Å². The van der Waals surface area contributed by atoms with E-state index >= 15 is 0 Å². The van der Waals surface area contributed by atoms with Crippen LogP contribution >= 0.6 is 11.6 Å². The molecule has 1 amide bonds. The molecule has 1 heterocycles. The molecule has 2 aromatic rings. The van der Waals surface area contributed by atoms with Crippen molar-refractivity contribution in [2.45, 2.75) is 13.0 Å². The van der Waals surface area contributed by atoms with Gasteiger partial charge in [-0.3, -0.25) is 4.79 Å². The highest BCUT2D eigenvalue weighted by Gasteiger charge is 2.12. The van der Waals surface area contributed by atoms with Crippen LogP contribution in [0.4, 0.5) is 0 Å². The minimum Gasteiger partial charge on any atom is -0.344 e. The van der Waals surface area contributed by atoms with Gasteiger partial charge in [-0.2, -0.15) is 5.26 Å². The second-order valence-corrected chi connectivity index (χ2v) is 4.73. The highest BCUT2D eigenvalue weighted by molar-refractivity contribution is 6.30. The maximum Gasteiger partial charge on any atom is 0.270 e. The number of hydrogen-bond donors (Lipinski definition) is 1. The minimum absolute atomic E-state index is 0.182. The van der Waals surface area contributed by atoms with Gasteiger partial charge < -0.3 is 5.32 Å². The number of benzene rings is 1. The van der Waals surface area contributed by atoms with Crippen LogP contribution in [0.5, 0.6) is 0 Å². The zero-order valence-corrected chi connectivity index (χ0v) is 11.6. The molecule has 4 nitrogen and oxygen atoms in total. The number of nitrogens with zero attached hydrogens (tertiary/aromatic N) is 2. The van der Waals surface area contributed by atoms with E-state index in [9.17, 15) is 4.79 Å². The standard InChI is InChI=1S/C15H12ClN3O/c1-10(12-3-2-4-13(16)7-12)19-15(20)14-6-5-11(8-17)9-18-14/h2-7,9-10H,1H3,(H,19,20). The van der Waals surface area contributed by atoms with E-state index in [2.05, 4.69) is 10.3 Å². The molecule has 0 saturated carbocycles. The fraction of sp³-hybridized carbons (Fsp3) is 0.133. The van der Waals surface area contributed by atoms with Crippen LogP contribution < -0.4 is 5.32 Å². The molecule has 0 aliphatic carbocycles. The van der Waals surface area contributed by atoms with Crippen LogP contribution in [0.1, 0.15) is 34.6 Å². The summed E-state index contributed by atoms with van der Waals surface area (Å²) in [7, 11) is 0. The van der Waals surface area contributed by atoms with Gasteiger partial charge >= 0.3 is 0 Å². The second-order valence-electron chi connectivity index (χ2n) is 4.29. The third-order valence-corrected chi connectivity index (χ3v) is 3.06. The number of rotatable bonds is 3. The minimum atomic E-state index is -0.290. The highest BCUT2D eigenvalue weighted by atomic mass is 35.5. The Morgan fingerprint density at radius 1 is 1.40 bits per heavy atom. The second kappa shape index (κ2) is 6.18. The van der Waals surface area contributed by atoms with Gasteiger partial charge in [-0.05, 0) is 36.8 Å². The molecule has 0 aliphatic heterocycles. The third kappa shape index (κ3) is 3.34. The lowest BCUT2D eigenvalue weighted by Gasteiger charge is -2.14. The number of halogens is 1. The maximum absolute atomic E-state index is 12.0. The molecular weight excluding hydrogens is 274 g/mol. The molecule has 0 bridgehead atoms. The first kappa shape index (κ1) is 14.0. The van der Waals surface area contributed by atoms with E-state index < -0.39 is 0 Å². The van der Waals surface area contributed by atoms with Gasteiger partial charge in [0, 0.05) is 11.2 Å². The molecule has 20 heavy (non-hydrogen) atoms. The Labute approximate surface area is 122 Å². The van der Waals surface area contributed by atoms with Gasteiger partial charge in [0.05, 0.1) is 11.6 Å². The van der Waals surface area contributed by atoms with Crippen LogP contribution in [0.3, 0.4) is 0 Å². The van der Waals surface area contributed by atoms with Gasteiger partial charge in [0.25, 0.3) is 5.91 Å². The van der Waals surface area contributed by atoms with Gasteiger partial charge in [0.1, 0.15) is 11.8 Å². The number of amides is 1. The molecule has 0 radical (unpaired) electrons. The van der Waals surface area contributed by atoms with E-state index in [0.717, 1.165) is 5.56 Å². The van der Waals surface area contributed by atoms with Crippen molar-refractivity contribution < 1.29 is 4.79 Å². The fourth-order valence-electron chi connectivity index (χ4n) is 1.72. The molecule has 100 valence electrons. The summed E-state index contributed by atoms with van der Waals surface area (Å²) in [6.07, 6.45) is 1.37. The number of nitriles is 1. The highest BCUT2D eigenvalue weighted by Crippen LogP contribution is 2.17. The van der Waals surface area contributed by atoms with E-state index in [1.165, 1.54) is 12.3 Å². The summed E-state index contributed by atoms with van der Waals surface area (Å²) in [5, 5.41) is 12.1. The van der Waals surface area contributed by atoms with Gasteiger partial charge in [-0.1, -0.05) is 23.7 Å². The Hall–Kier alpha value is -2.38. The first-order valence-electron chi connectivity index (χ1n) is 6.02. The number of nitrogens with one attached hydrogen (secondary N) is 1. The Morgan fingerprint density at radius 2 is 2.20 bits per heavy atom. The Kier molecular flexibility index (Phi) is 4.34. The van der Waals surface area contributed by atoms with E-state index in [1.54, 1.807) is 18.2 Å². The predicted octanol–water partition coefficient (Wildman–Crippen LogP) is 3.10. The first-order valence-corrected chi connectivity index (χ1v) is 6.40. The molecule has 1 N–H and O–H groups in total. The zero-order chi connectivity index (χ0) is 14.5. The van der Waals surface area contributed by atoms with Crippen molar-refractivity contribution in [3.05, 3.63) is 64.4 Å². The molecule has 1 unspecified atom stereocenters. The number of carbonyl (C=O) groups is 1. The summed E-state index contributed by atoms with van der Waals surface area (Å²) in [5.74, 6) is -0.290. The van der Waals surface area contributed by atoms with Crippen LogP contribution in [0.25, 0.3) is 0 Å². The monoisotopic (exact) mass is 285 g/mol. The van der Waals surface area contributed by atoms with Gasteiger partial charge in [-0.25, -0.2) is 4.98 Å². The summed E-state index contributed by atoms with van der Waals surface area (Å²) in [6.45, 7) is 1.87. The van der Waals surface area contributed by atoms with Gasteiger partial charge in [0.2, 0.25) is 0 Å². The van der Waals surface area contributed by atoms with Crippen LogP contribution in [0.15, 0.2) is 42.6 Å².